The molecule has 23 heavy (non-hydrogen) atoms. The van der Waals surface area contributed by atoms with E-state index in [1.807, 2.05) is 22.8 Å². The average molecular weight is 317 g/mol. The van der Waals surface area contributed by atoms with Crippen LogP contribution >= 0.6 is 0 Å². The van der Waals surface area contributed by atoms with Gasteiger partial charge < -0.3 is 9.80 Å². The van der Waals surface area contributed by atoms with Crippen LogP contribution in [0.15, 0.2) is 18.2 Å². The molecule has 0 bridgehead atoms. The van der Waals surface area contributed by atoms with Crippen LogP contribution in [0.25, 0.3) is 0 Å². The van der Waals surface area contributed by atoms with Crippen LogP contribution in [-0.4, -0.2) is 41.9 Å². The van der Waals surface area contributed by atoms with E-state index in [0.29, 0.717) is 24.7 Å². The van der Waals surface area contributed by atoms with Crippen LogP contribution in [0.1, 0.15) is 31.2 Å². The highest BCUT2D eigenvalue weighted by molar-refractivity contribution is 5.84. The summed E-state index contributed by atoms with van der Waals surface area (Å²) in [4.78, 5) is 27.1. The Labute approximate surface area is 136 Å². The van der Waals surface area contributed by atoms with Gasteiger partial charge in [-0.15, -0.1) is 0 Å². The van der Waals surface area contributed by atoms with E-state index < -0.39 is 0 Å². The Morgan fingerprint density at radius 1 is 1.26 bits per heavy atom. The zero-order valence-corrected chi connectivity index (χ0v) is 13.5. The van der Waals surface area contributed by atoms with Crippen molar-refractivity contribution in [3.63, 3.8) is 0 Å². The summed E-state index contributed by atoms with van der Waals surface area (Å²) in [5, 5.41) is 11.3. The number of aryl methyl sites for hydroxylation is 1. The fraction of sp³-hybridized carbons (Fsp3) is 0.588. The Hall–Kier alpha value is -2.11. The molecule has 6 heteroatoms. The highest BCUT2D eigenvalue weighted by Crippen LogP contribution is 2.31. The van der Waals surface area contributed by atoms with Gasteiger partial charge in [0.15, 0.2) is 0 Å². The minimum Gasteiger partial charge on any atom is -0.355 e. The number of benzene rings is 1. The van der Waals surface area contributed by atoms with Crippen LogP contribution in [-0.2, 0) is 4.79 Å². The van der Waals surface area contributed by atoms with E-state index in [2.05, 4.69) is 0 Å². The quantitative estimate of drug-likeness (QED) is 0.632. The van der Waals surface area contributed by atoms with Crippen molar-refractivity contribution in [1.82, 2.24) is 4.90 Å². The van der Waals surface area contributed by atoms with Gasteiger partial charge in [0, 0.05) is 25.7 Å². The summed E-state index contributed by atoms with van der Waals surface area (Å²) in [6.45, 7) is 4.23. The van der Waals surface area contributed by atoms with Gasteiger partial charge in [0.1, 0.15) is 5.69 Å². The number of hydrogen-bond acceptors (Lipinski definition) is 4. The molecular weight excluding hydrogens is 294 g/mol. The van der Waals surface area contributed by atoms with Gasteiger partial charge in [-0.3, -0.25) is 14.9 Å². The van der Waals surface area contributed by atoms with Gasteiger partial charge in [0.05, 0.1) is 11.5 Å². The molecule has 0 unspecified atom stereocenters. The Morgan fingerprint density at radius 3 is 2.65 bits per heavy atom. The zero-order valence-electron chi connectivity index (χ0n) is 13.5. The van der Waals surface area contributed by atoms with Crippen molar-refractivity contribution in [3.8, 4) is 0 Å². The van der Waals surface area contributed by atoms with Crippen LogP contribution in [0.5, 0.6) is 0 Å². The van der Waals surface area contributed by atoms with E-state index in [0.717, 1.165) is 12.1 Å². The van der Waals surface area contributed by atoms with Gasteiger partial charge in [-0.25, -0.2) is 0 Å². The first-order valence-electron chi connectivity index (χ1n) is 8.32. The number of rotatable bonds is 4. The standard InChI is InChI=1S/C17H23N3O3/c1-13-6-7-15(16(10-13)20(22)23)18-8-9-19(17(21)12-18)11-14-4-2-3-5-14/h6-7,10,14H,2-5,8-9,11-12H2,1H3. The van der Waals surface area contributed by atoms with Crippen LogP contribution in [0.4, 0.5) is 11.4 Å². The molecule has 1 amide bonds. The molecule has 1 saturated heterocycles. The lowest BCUT2D eigenvalue weighted by molar-refractivity contribution is -0.384. The number of nitro benzene ring substituents is 1. The lowest BCUT2D eigenvalue weighted by Crippen LogP contribution is -2.51. The topological polar surface area (TPSA) is 66.7 Å². The first-order chi connectivity index (χ1) is 11.0. The maximum absolute atomic E-state index is 12.4. The largest absolute Gasteiger partial charge is 0.355 e. The summed E-state index contributed by atoms with van der Waals surface area (Å²) < 4.78 is 0. The van der Waals surface area contributed by atoms with Crippen molar-refractivity contribution in [2.45, 2.75) is 32.6 Å². The van der Waals surface area contributed by atoms with E-state index in [1.54, 1.807) is 12.1 Å². The summed E-state index contributed by atoms with van der Waals surface area (Å²) in [5.74, 6) is 0.720. The molecule has 124 valence electrons. The number of nitrogens with zero attached hydrogens (tertiary/aromatic N) is 3. The van der Waals surface area contributed by atoms with Crippen LogP contribution < -0.4 is 4.90 Å². The molecule has 1 saturated carbocycles. The Kier molecular flexibility index (Phi) is 4.50. The van der Waals surface area contributed by atoms with Crippen molar-refractivity contribution >= 4 is 17.3 Å². The second-order valence-corrected chi connectivity index (χ2v) is 6.66. The number of hydrogen-bond donors (Lipinski definition) is 0. The lowest BCUT2D eigenvalue weighted by Gasteiger charge is -2.36. The second kappa shape index (κ2) is 6.56. The number of piperazine rings is 1. The molecule has 1 aliphatic heterocycles. The molecule has 2 aliphatic rings. The minimum absolute atomic E-state index is 0.0815. The fourth-order valence-corrected chi connectivity index (χ4v) is 3.66. The second-order valence-electron chi connectivity index (χ2n) is 6.66. The highest BCUT2D eigenvalue weighted by atomic mass is 16.6. The summed E-state index contributed by atoms with van der Waals surface area (Å²) in [7, 11) is 0. The first kappa shape index (κ1) is 15.8. The molecular formula is C17H23N3O3. The maximum Gasteiger partial charge on any atom is 0.292 e. The van der Waals surface area contributed by atoms with Gasteiger partial charge in [-0.05, 0) is 37.3 Å². The summed E-state index contributed by atoms with van der Waals surface area (Å²) in [6, 6.07) is 5.19. The van der Waals surface area contributed by atoms with Crippen molar-refractivity contribution in [2.75, 3.05) is 31.1 Å². The molecule has 0 radical (unpaired) electrons. The molecule has 1 heterocycles. The number of anilines is 1. The minimum atomic E-state index is -0.363. The smallest absolute Gasteiger partial charge is 0.292 e. The van der Waals surface area contributed by atoms with Gasteiger partial charge >= 0.3 is 0 Å². The van der Waals surface area contributed by atoms with Crippen LogP contribution in [0.2, 0.25) is 0 Å². The number of amides is 1. The maximum atomic E-state index is 12.4. The van der Waals surface area contributed by atoms with Crippen LogP contribution in [0.3, 0.4) is 0 Å². The molecule has 1 aliphatic carbocycles. The summed E-state index contributed by atoms with van der Waals surface area (Å²) >= 11 is 0. The molecule has 0 N–H and O–H groups in total. The Bertz CT molecular complexity index is 611. The highest BCUT2D eigenvalue weighted by Gasteiger charge is 2.30. The van der Waals surface area contributed by atoms with E-state index in [-0.39, 0.29) is 23.1 Å². The predicted molar refractivity (Wildman–Crippen MR) is 88.6 cm³/mol. The van der Waals surface area contributed by atoms with Gasteiger partial charge in [-0.1, -0.05) is 18.9 Å². The van der Waals surface area contributed by atoms with Gasteiger partial charge in [0.2, 0.25) is 5.91 Å². The molecule has 2 fully saturated rings. The summed E-state index contributed by atoms with van der Waals surface area (Å²) in [6.07, 6.45) is 4.98. The van der Waals surface area contributed by atoms with Crippen molar-refractivity contribution in [2.24, 2.45) is 5.92 Å². The molecule has 0 aromatic heterocycles. The number of nitro groups is 1. The average Bonchev–Trinajstić information content (AvgIpc) is 3.02. The molecule has 0 spiro atoms. The first-order valence-corrected chi connectivity index (χ1v) is 8.32. The number of carbonyl (C=O) groups excluding carboxylic acids is 1. The van der Waals surface area contributed by atoms with Gasteiger partial charge in [-0.2, -0.15) is 0 Å². The SMILES string of the molecule is Cc1ccc(N2CCN(CC3CCCC3)C(=O)C2)c([N+](=O)[O-])c1. The lowest BCUT2D eigenvalue weighted by atomic mass is 10.1. The van der Waals surface area contributed by atoms with Crippen molar-refractivity contribution < 1.29 is 9.72 Å². The molecule has 1 aromatic rings. The normalized spacial score (nSPS) is 19.4. The van der Waals surface area contributed by atoms with Crippen molar-refractivity contribution in [1.29, 1.82) is 0 Å². The van der Waals surface area contributed by atoms with E-state index in [9.17, 15) is 14.9 Å². The monoisotopic (exact) mass is 317 g/mol. The Morgan fingerprint density at radius 2 is 2.00 bits per heavy atom. The zero-order chi connectivity index (χ0) is 16.4. The van der Waals surface area contributed by atoms with Crippen molar-refractivity contribution in [3.05, 3.63) is 33.9 Å². The van der Waals surface area contributed by atoms with E-state index >= 15 is 0 Å². The Balaban J connectivity index is 1.70. The summed E-state index contributed by atoms with van der Waals surface area (Å²) in [5.41, 5.74) is 1.49. The molecule has 1 aromatic carbocycles. The van der Waals surface area contributed by atoms with Gasteiger partial charge in [0.25, 0.3) is 5.69 Å². The third kappa shape index (κ3) is 3.46. The molecule has 0 atom stereocenters. The van der Waals surface area contributed by atoms with Crippen LogP contribution in [0, 0.1) is 23.0 Å². The molecule has 3 rings (SSSR count). The third-order valence-corrected chi connectivity index (χ3v) is 4.94. The predicted octanol–water partition coefficient (Wildman–Crippen LogP) is 2.74. The third-order valence-electron chi connectivity index (χ3n) is 4.94. The fourth-order valence-electron chi connectivity index (χ4n) is 3.66. The van der Waals surface area contributed by atoms with E-state index in [1.165, 1.54) is 25.7 Å². The van der Waals surface area contributed by atoms with E-state index in [4.69, 9.17) is 0 Å². The molecule has 6 nitrogen and oxygen atoms in total. The number of carbonyl (C=O) groups is 1.